The number of rotatable bonds is 3. The molecule has 0 bridgehead atoms. The van der Waals surface area contributed by atoms with Crippen molar-refractivity contribution in [2.75, 3.05) is 7.11 Å². The van der Waals surface area contributed by atoms with Crippen LogP contribution in [0, 0.1) is 0 Å². The van der Waals surface area contributed by atoms with E-state index < -0.39 is 5.97 Å². The van der Waals surface area contributed by atoms with E-state index in [1.54, 1.807) is 30.6 Å². The smallest absolute Gasteiger partial charge is 0.354 e. The van der Waals surface area contributed by atoms with Crippen LogP contribution < -0.4 is 4.74 Å². The number of methoxy groups -OCH3 is 1. The van der Waals surface area contributed by atoms with Crippen molar-refractivity contribution < 1.29 is 14.6 Å². The maximum Gasteiger partial charge on any atom is 0.354 e. The average molecular weight is 230 g/mol. The molecule has 2 rings (SSSR count). The number of hydrogen-bond acceptors (Lipinski definition) is 4. The largest absolute Gasteiger partial charge is 0.494 e. The van der Waals surface area contributed by atoms with Gasteiger partial charge >= 0.3 is 5.97 Å². The van der Waals surface area contributed by atoms with Gasteiger partial charge in [-0.25, -0.2) is 9.78 Å². The monoisotopic (exact) mass is 230 g/mol. The number of aromatic nitrogens is 2. The fourth-order valence-electron chi connectivity index (χ4n) is 1.44. The SMILES string of the molecule is COc1ccc(C(=O)O)nc1-c1cccnc1. The highest BCUT2D eigenvalue weighted by molar-refractivity contribution is 5.86. The number of ether oxygens (including phenoxy) is 1. The van der Waals surface area contributed by atoms with Crippen LogP contribution in [0.15, 0.2) is 36.7 Å². The second kappa shape index (κ2) is 4.61. The molecule has 0 fully saturated rings. The summed E-state index contributed by atoms with van der Waals surface area (Å²) in [5.41, 5.74) is 1.16. The first-order valence-corrected chi connectivity index (χ1v) is 4.91. The van der Waals surface area contributed by atoms with Crippen LogP contribution in [-0.2, 0) is 0 Å². The summed E-state index contributed by atoms with van der Waals surface area (Å²) in [6, 6.07) is 6.53. The molecule has 0 aromatic carbocycles. The van der Waals surface area contributed by atoms with Gasteiger partial charge in [-0.15, -0.1) is 0 Å². The Morgan fingerprint density at radius 3 is 2.76 bits per heavy atom. The molecule has 0 spiro atoms. The molecule has 0 aliphatic carbocycles. The van der Waals surface area contributed by atoms with Gasteiger partial charge in [-0.3, -0.25) is 4.98 Å². The van der Waals surface area contributed by atoms with Crippen molar-refractivity contribution in [1.82, 2.24) is 9.97 Å². The average Bonchev–Trinajstić information content (AvgIpc) is 2.39. The Balaban J connectivity index is 2.58. The second-order valence-corrected chi connectivity index (χ2v) is 3.29. The quantitative estimate of drug-likeness (QED) is 0.871. The van der Waals surface area contributed by atoms with Crippen molar-refractivity contribution in [3.05, 3.63) is 42.4 Å². The molecule has 1 N–H and O–H groups in total. The predicted molar refractivity (Wildman–Crippen MR) is 61.0 cm³/mol. The van der Waals surface area contributed by atoms with Crippen LogP contribution in [0.1, 0.15) is 10.5 Å². The summed E-state index contributed by atoms with van der Waals surface area (Å²) in [6.45, 7) is 0. The molecule has 2 heterocycles. The number of carboxylic acid groups (broad SMARTS) is 1. The van der Waals surface area contributed by atoms with Crippen LogP contribution >= 0.6 is 0 Å². The summed E-state index contributed by atoms with van der Waals surface area (Å²) >= 11 is 0. The van der Waals surface area contributed by atoms with Gasteiger partial charge in [-0.2, -0.15) is 0 Å². The molecule has 86 valence electrons. The van der Waals surface area contributed by atoms with Gasteiger partial charge in [-0.05, 0) is 24.3 Å². The highest BCUT2D eigenvalue weighted by atomic mass is 16.5. The number of carbonyl (C=O) groups is 1. The van der Waals surface area contributed by atoms with Gasteiger partial charge in [0.25, 0.3) is 0 Å². The first-order valence-electron chi connectivity index (χ1n) is 4.91. The molecular formula is C12H10N2O3. The van der Waals surface area contributed by atoms with Crippen molar-refractivity contribution in [2.45, 2.75) is 0 Å². The highest BCUT2D eigenvalue weighted by Crippen LogP contribution is 2.27. The number of nitrogens with zero attached hydrogens (tertiary/aromatic N) is 2. The molecule has 0 saturated carbocycles. The van der Waals surface area contributed by atoms with Crippen LogP contribution in [0.4, 0.5) is 0 Å². The lowest BCUT2D eigenvalue weighted by molar-refractivity contribution is 0.0690. The third-order valence-electron chi connectivity index (χ3n) is 2.23. The molecule has 0 saturated heterocycles. The molecular weight excluding hydrogens is 220 g/mol. The maximum absolute atomic E-state index is 10.9. The van der Waals surface area contributed by atoms with Crippen LogP contribution in [0.5, 0.6) is 5.75 Å². The summed E-state index contributed by atoms with van der Waals surface area (Å²) in [4.78, 5) is 18.9. The number of hydrogen-bond donors (Lipinski definition) is 1. The number of pyridine rings is 2. The summed E-state index contributed by atoms with van der Waals surface area (Å²) in [6.07, 6.45) is 3.24. The Hall–Kier alpha value is -2.43. The zero-order valence-corrected chi connectivity index (χ0v) is 9.12. The molecule has 0 aliphatic rings. The molecule has 2 aromatic rings. The second-order valence-electron chi connectivity index (χ2n) is 3.29. The van der Waals surface area contributed by atoms with E-state index >= 15 is 0 Å². The Kier molecular flexibility index (Phi) is 3.00. The van der Waals surface area contributed by atoms with Gasteiger partial charge < -0.3 is 9.84 Å². The fourth-order valence-corrected chi connectivity index (χ4v) is 1.44. The molecule has 17 heavy (non-hydrogen) atoms. The standard InChI is InChI=1S/C12H10N2O3/c1-17-10-5-4-9(12(15)16)14-11(10)8-3-2-6-13-7-8/h2-7H,1H3,(H,15,16). The highest BCUT2D eigenvalue weighted by Gasteiger charge is 2.12. The van der Waals surface area contributed by atoms with Crippen LogP contribution in [-0.4, -0.2) is 28.2 Å². The van der Waals surface area contributed by atoms with E-state index in [4.69, 9.17) is 9.84 Å². The lowest BCUT2D eigenvalue weighted by atomic mass is 10.1. The van der Waals surface area contributed by atoms with E-state index in [9.17, 15) is 4.79 Å². The van der Waals surface area contributed by atoms with Gasteiger partial charge in [0.1, 0.15) is 17.1 Å². The molecule has 0 amide bonds. The van der Waals surface area contributed by atoms with Crippen LogP contribution in [0.2, 0.25) is 0 Å². The zero-order valence-electron chi connectivity index (χ0n) is 9.12. The number of aromatic carboxylic acids is 1. The Labute approximate surface area is 97.7 Å². The van der Waals surface area contributed by atoms with Crippen molar-refractivity contribution >= 4 is 5.97 Å². The normalized spacial score (nSPS) is 9.94. The van der Waals surface area contributed by atoms with Gasteiger partial charge in [0.2, 0.25) is 0 Å². The molecule has 0 unspecified atom stereocenters. The van der Waals surface area contributed by atoms with E-state index in [0.29, 0.717) is 17.0 Å². The fraction of sp³-hybridized carbons (Fsp3) is 0.0833. The van der Waals surface area contributed by atoms with E-state index in [1.807, 2.05) is 0 Å². The van der Waals surface area contributed by atoms with Gasteiger partial charge in [0.15, 0.2) is 0 Å². The van der Waals surface area contributed by atoms with Gasteiger partial charge in [0.05, 0.1) is 7.11 Å². The summed E-state index contributed by atoms with van der Waals surface area (Å²) in [5.74, 6) is -0.555. The lowest BCUT2D eigenvalue weighted by Gasteiger charge is -2.07. The van der Waals surface area contributed by atoms with Crippen LogP contribution in [0.25, 0.3) is 11.3 Å². The van der Waals surface area contributed by atoms with Crippen molar-refractivity contribution in [3.8, 4) is 17.0 Å². The third kappa shape index (κ3) is 2.23. The Morgan fingerprint density at radius 2 is 2.18 bits per heavy atom. The van der Waals surface area contributed by atoms with Crippen molar-refractivity contribution in [2.24, 2.45) is 0 Å². The third-order valence-corrected chi connectivity index (χ3v) is 2.23. The Morgan fingerprint density at radius 1 is 1.35 bits per heavy atom. The summed E-state index contributed by atoms with van der Waals surface area (Å²) < 4.78 is 5.15. The Bertz CT molecular complexity index is 541. The lowest BCUT2D eigenvalue weighted by Crippen LogP contribution is -2.02. The molecule has 5 nitrogen and oxygen atoms in total. The minimum atomic E-state index is -1.07. The maximum atomic E-state index is 10.9. The summed E-state index contributed by atoms with van der Waals surface area (Å²) in [7, 11) is 1.51. The molecule has 0 atom stereocenters. The zero-order chi connectivity index (χ0) is 12.3. The number of carboxylic acids is 1. The molecule has 0 radical (unpaired) electrons. The molecule has 0 aliphatic heterocycles. The van der Waals surface area contributed by atoms with E-state index in [0.717, 1.165) is 0 Å². The van der Waals surface area contributed by atoms with Crippen molar-refractivity contribution in [1.29, 1.82) is 0 Å². The molecule has 2 aromatic heterocycles. The minimum absolute atomic E-state index is 0.0235. The topological polar surface area (TPSA) is 72.3 Å². The van der Waals surface area contributed by atoms with E-state index in [2.05, 4.69) is 9.97 Å². The molecule has 5 heteroatoms. The van der Waals surface area contributed by atoms with Crippen molar-refractivity contribution in [3.63, 3.8) is 0 Å². The van der Waals surface area contributed by atoms with E-state index in [1.165, 1.54) is 13.2 Å². The minimum Gasteiger partial charge on any atom is -0.494 e. The summed E-state index contributed by atoms with van der Waals surface area (Å²) in [5, 5.41) is 8.90. The first-order chi connectivity index (χ1) is 8.22. The first kappa shape index (κ1) is 11.1. The van der Waals surface area contributed by atoms with Gasteiger partial charge in [0, 0.05) is 18.0 Å². The van der Waals surface area contributed by atoms with E-state index in [-0.39, 0.29) is 5.69 Å². The van der Waals surface area contributed by atoms with Crippen LogP contribution in [0.3, 0.4) is 0 Å². The van der Waals surface area contributed by atoms with Gasteiger partial charge in [-0.1, -0.05) is 0 Å². The predicted octanol–water partition coefficient (Wildman–Crippen LogP) is 1.85.